The van der Waals surface area contributed by atoms with Gasteiger partial charge in [0.25, 0.3) is 0 Å². The summed E-state index contributed by atoms with van der Waals surface area (Å²) in [5, 5.41) is 8.00. The van der Waals surface area contributed by atoms with E-state index in [4.69, 9.17) is 16.1 Å². The number of aromatic nitrogens is 3. The van der Waals surface area contributed by atoms with E-state index in [0.717, 1.165) is 49.0 Å². The molecule has 0 aliphatic carbocycles. The second-order valence-electron chi connectivity index (χ2n) is 6.03. The molecule has 3 aromatic rings. The topological polar surface area (TPSA) is 58.3 Å². The highest BCUT2D eigenvalue weighted by molar-refractivity contribution is 7.09. The lowest BCUT2D eigenvalue weighted by Gasteiger charge is -2.33. The Hall–Kier alpha value is -1.96. The highest BCUT2D eigenvalue weighted by Crippen LogP contribution is 2.23. The number of nitrogens with zero attached hydrogens (tertiary/aromatic N) is 5. The van der Waals surface area contributed by atoms with Crippen LogP contribution in [0, 0.1) is 6.92 Å². The molecule has 0 saturated carbocycles. The molecule has 2 aromatic heterocycles. The van der Waals surface area contributed by atoms with Gasteiger partial charge in [0.05, 0.1) is 10.7 Å². The zero-order chi connectivity index (χ0) is 17.2. The second kappa shape index (κ2) is 7.11. The first-order valence-electron chi connectivity index (χ1n) is 8.15. The lowest BCUT2D eigenvalue weighted by atomic mass is 10.2. The summed E-state index contributed by atoms with van der Waals surface area (Å²) in [6.07, 6.45) is 0. The fourth-order valence-electron chi connectivity index (χ4n) is 2.90. The third-order valence-electron chi connectivity index (χ3n) is 4.19. The molecule has 4 rings (SSSR count). The zero-order valence-electron chi connectivity index (χ0n) is 13.9. The Bertz CT molecular complexity index is 856. The number of halogens is 1. The summed E-state index contributed by atoms with van der Waals surface area (Å²) in [7, 11) is 0. The first-order valence-corrected chi connectivity index (χ1v) is 9.41. The number of piperazine rings is 1. The Morgan fingerprint density at radius 1 is 1.20 bits per heavy atom. The average Bonchev–Trinajstić information content (AvgIpc) is 3.25. The van der Waals surface area contributed by atoms with E-state index in [0.29, 0.717) is 16.9 Å². The quantitative estimate of drug-likeness (QED) is 0.695. The van der Waals surface area contributed by atoms with E-state index in [-0.39, 0.29) is 0 Å². The van der Waals surface area contributed by atoms with E-state index in [2.05, 4.69) is 30.3 Å². The van der Waals surface area contributed by atoms with E-state index in [1.165, 1.54) is 0 Å². The first kappa shape index (κ1) is 16.5. The largest absolute Gasteiger partial charge is 0.324 e. The highest BCUT2D eigenvalue weighted by Gasteiger charge is 2.22. The summed E-state index contributed by atoms with van der Waals surface area (Å²) < 4.78 is 5.45. The fraction of sp³-hybridized carbons (Fsp3) is 0.353. The molecule has 25 heavy (non-hydrogen) atoms. The summed E-state index contributed by atoms with van der Waals surface area (Å²) in [5.74, 6) is 0.567. The maximum atomic E-state index is 6.03. The average molecular weight is 376 g/mol. The third-order valence-corrected chi connectivity index (χ3v) is 5.25. The molecule has 0 unspecified atom stereocenters. The molecule has 0 spiro atoms. The minimum atomic E-state index is 0.567. The monoisotopic (exact) mass is 375 g/mol. The molecule has 1 aliphatic heterocycles. The van der Waals surface area contributed by atoms with E-state index in [9.17, 15) is 0 Å². The molecule has 8 heteroatoms. The molecule has 0 N–H and O–H groups in total. The normalized spacial score (nSPS) is 15.7. The molecule has 0 amide bonds. The van der Waals surface area contributed by atoms with Gasteiger partial charge in [0.1, 0.15) is 0 Å². The van der Waals surface area contributed by atoms with Crippen LogP contribution in [0.1, 0.15) is 10.7 Å². The smallest absolute Gasteiger partial charge is 0.322 e. The van der Waals surface area contributed by atoms with Gasteiger partial charge < -0.3 is 9.42 Å². The van der Waals surface area contributed by atoms with Crippen molar-refractivity contribution in [3.63, 3.8) is 0 Å². The number of benzene rings is 1. The van der Waals surface area contributed by atoms with Crippen LogP contribution in [0.25, 0.3) is 11.4 Å². The van der Waals surface area contributed by atoms with Crippen molar-refractivity contribution in [3.05, 3.63) is 45.4 Å². The Kier molecular flexibility index (Phi) is 4.70. The second-order valence-corrected chi connectivity index (χ2v) is 7.53. The molecule has 1 fully saturated rings. The molecule has 1 aliphatic rings. The van der Waals surface area contributed by atoms with Crippen LogP contribution >= 0.6 is 22.9 Å². The van der Waals surface area contributed by atoms with E-state index in [1.807, 2.05) is 31.2 Å². The number of thiazole rings is 1. The molecular weight excluding hydrogens is 358 g/mol. The van der Waals surface area contributed by atoms with Crippen molar-refractivity contribution >= 4 is 29.0 Å². The maximum Gasteiger partial charge on any atom is 0.324 e. The summed E-state index contributed by atoms with van der Waals surface area (Å²) in [4.78, 5) is 13.6. The van der Waals surface area contributed by atoms with Crippen LogP contribution in [0.15, 0.2) is 34.2 Å². The summed E-state index contributed by atoms with van der Waals surface area (Å²) in [6, 6.07) is 8.04. The van der Waals surface area contributed by atoms with Crippen LogP contribution in [0.2, 0.25) is 5.02 Å². The molecule has 1 saturated heterocycles. The van der Waals surface area contributed by atoms with Crippen LogP contribution in [0.4, 0.5) is 6.01 Å². The van der Waals surface area contributed by atoms with Gasteiger partial charge >= 0.3 is 6.01 Å². The third kappa shape index (κ3) is 3.84. The van der Waals surface area contributed by atoms with Gasteiger partial charge in [-0.2, -0.15) is 4.98 Å². The molecule has 6 nitrogen and oxygen atoms in total. The lowest BCUT2D eigenvalue weighted by molar-refractivity contribution is 0.240. The molecule has 130 valence electrons. The van der Waals surface area contributed by atoms with Gasteiger partial charge in [-0.15, -0.1) is 11.3 Å². The summed E-state index contributed by atoms with van der Waals surface area (Å²) >= 11 is 7.73. The first-order chi connectivity index (χ1) is 12.2. The van der Waals surface area contributed by atoms with Crippen molar-refractivity contribution in [2.75, 3.05) is 31.1 Å². The van der Waals surface area contributed by atoms with Crippen LogP contribution in [0.5, 0.6) is 0 Å². The minimum Gasteiger partial charge on any atom is -0.322 e. The van der Waals surface area contributed by atoms with Gasteiger partial charge in [0.15, 0.2) is 0 Å². The SMILES string of the molecule is Cc1nc(CN2CCN(c3nc(-c4cccc(Cl)c4)no3)CC2)cs1. The highest BCUT2D eigenvalue weighted by atomic mass is 35.5. The number of aryl methyl sites for hydroxylation is 1. The van der Waals surface area contributed by atoms with Gasteiger partial charge in [-0.1, -0.05) is 28.9 Å². The maximum absolute atomic E-state index is 6.03. The van der Waals surface area contributed by atoms with E-state index in [1.54, 1.807) is 11.3 Å². The van der Waals surface area contributed by atoms with Crippen molar-refractivity contribution in [2.45, 2.75) is 13.5 Å². The zero-order valence-corrected chi connectivity index (χ0v) is 15.4. The van der Waals surface area contributed by atoms with Crippen LogP contribution < -0.4 is 4.90 Å². The molecule has 3 heterocycles. The Labute approximate surface area is 155 Å². The van der Waals surface area contributed by atoms with Crippen molar-refractivity contribution in [3.8, 4) is 11.4 Å². The van der Waals surface area contributed by atoms with Crippen LogP contribution in [-0.2, 0) is 6.54 Å². The van der Waals surface area contributed by atoms with Crippen LogP contribution in [0.3, 0.4) is 0 Å². The lowest BCUT2D eigenvalue weighted by Crippen LogP contribution is -2.46. The minimum absolute atomic E-state index is 0.567. The summed E-state index contributed by atoms with van der Waals surface area (Å²) in [5.41, 5.74) is 2.01. The van der Waals surface area contributed by atoms with Gasteiger partial charge in [-0.05, 0) is 19.1 Å². The Morgan fingerprint density at radius 3 is 2.76 bits per heavy atom. The number of anilines is 1. The predicted octanol–water partition coefficient (Wildman–Crippen LogP) is 3.48. The number of hydrogen-bond donors (Lipinski definition) is 0. The molecule has 0 radical (unpaired) electrons. The molecular formula is C17H18ClN5OS. The van der Waals surface area contributed by atoms with Crippen LogP contribution in [-0.4, -0.2) is 46.2 Å². The van der Waals surface area contributed by atoms with Crippen molar-refractivity contribution < 1.29 is 4.52 Å². The Balaban J connectivity index is 1.38. The van der Waals surface area contributed by atoms with Crippen molar-refractivity contribution in [1.29, 1.82) is 0 Å². The van der Waals surface area contributed by atoms with E-state index < -0.39 is 0 Å². The predicted molar refractivity (Wildman–Crippen MR) is 99.1 cm³/mol. The van der Waals surface area contributed by atoms with Gasteiger partial charge in [-0.25, -0.2) is 4.98 Å². The van der Waals surface area contributed by atoms with Gasteiger partial charge in [0.2, 0.25) is 5.82 Å². The summed E-state index contributed by atoms with van der Waals surface area (Å²) in [6.45, 7) is 6.56. The van der Waals surface area contributed by atoms with Crippen molar-refractivity contribution in [2.24, 2.45) is 0 Å². The Morgan fingerprint density at radius 2 is 2.04 bits per heavy atom. The van der Waals surface area contributed by atoms with Gasteiger partial charge in [0, 0.05) is 48.7 Å². The number of hydrogen-bond acceptors (Lipinski definition) is 7. The molecule has 0 bridgehead atoms. The molecule has 0 atom stereocenters. The van der Waals surface area contributed by atoms with E-state index >= 15 is 0 Å². The number of rotatable bonds is 4. The van der Waals surface area contributed by atoms with Crippen molar-refractivity contribution in [1.82, 2.24) is 20.0 Å². The van der Waals surface area contributed by atoms with Gasteiger partial charge in [-0.3, -0.25) is 4.90 Å². The fourth-order valence-corrected chi connectivity index (χ4v) is 3.69. The standard InChI is InChI=1S/C17H18ClN5OS/c1-12-19-15(11-25-12)10-22-5-7-23(8-6-22)17-20-16(21-24-17)13-3-2-4-14(18)9-13/h2-4,9,11H,5-8,10H2,1H3. The molecule has 1 aromatic carbocycles.